The average Bonchev–Trinajstić information content (AvgIpc) is 3.67. The number of rotatable bonds is 4. The third kappa shape index (κ3) is 4.26. The minimum atomic E-state index is -1.66. The fraction of sp³-hybridized carbons (Fsp3) is 0.417. The van der Waals surface area contributed by atoms with Crippen LogP contribution in [0, 0.1) is 24.0 Å². The lowest BCUT2D eigenvalue weighted by atomic mass is 9.95. The number of alkyl halides is 2. The number of aromatic nitrogens is 3. The maximum absolute atomic E-state index is 17.2. The van der Waals surface area contributed by atoms with Crippen LogP contribution in [0.2, 0.25) is 0 Å². The Morgan fingerprint density at radius 1 is 1.15 bits per heavy atom. The lowest BCUT2D eigenvalue weighted by Gasteiger charge is -2.42. The monoisotopic (exact) mass is 656 g/mol. The summed E-state index contributed by atoms with van der Waals surface area (Å²) in [7, 11) is 0. The summed E-state index contributed by atoms with van der Waals surface area (Å²) in [5.74, 6) is -0.699. The molecule has 0 spiro atoms. The highest BCUT2D eigenvalue weighted by Gasteiger charge is 2.52. The molecule has 2 aromatic carbocycles. The van der Waals surface area contributed by atoms with Crippen molar-refractivity contribution in [2.45, 2.75) is 68.6 Å². The minimum absolute atomic E-state index is 0.0322. The number of halogens is 4. The third-order valence-corrected chi connectivity index (χ3v) is 11.0. The molecule has 0 aliphatic carbocycles. The van der Waals surface area contributed by atoms with Gasteiger partial charge in [0.05, 0.1) is 34.8 Å². The van der Waals surface area contributed by atoms with Crippen LogP contribution in [0.3, 0.4) is 0 Å². The van der Waals surface area contributed by atoms with Crippen LogP contribution in [0.25, 0.3) is 38.5 Å². The molecule has 5 aliphatic rings. The lowest BCUT2D eigenvalue weighted by molar-refractivity contribution is 0.107. The molecule has 9 rings (SSSR count). The van der Waals surface area contributed by atoms with Crippen molar-refractivity contribution in [1.82, 2.24) is 25.2 Å². The van der Waals surface area contributed by atoms with E-state index < -0.39 is 29.1 Å². The topological polar surface area (TPSA) is 86.6 Å². The smallest absolute Gasteiger partial charge is 0.319 e. The van der Waals surface area contributed by atoms with Gasteiger partial charge in [0.15, 0.2) is 11.6 Å². The van der Waals surface area contributed by atoms with Gasteiger partial charge in [-0.3, -0.25) is 10.2 Å². The van der Waals surface area contributed by atoms with Crippen LogP contribution in [0.5, 0.6) is 11.8 Å². The Kier molecular flexibility index (Phi) is 6.34. The van der Waals surface area contributed by atoms with Gasteiger partial charge in [-0.05, 0) is 68.3 Å². The highest BCUT2D eigenvalue weighted by atomic mass is 19.2. The Labute approximate surface area is 273 Å². The van der Waals surface area contributed by atoms with E-state index >= 15 is 13.2 Å². The number of nitrogens with one attached hydrogen (secondary N) is 1. The molecule has 12 heteroatoms. The van der Waals surface area contributed by atoms with Gasteiger partial charge in [0, 0.05) is 30.0 Å². The Hall–Kier alpha value is -4.47. The van der Waals surface area contributed by atoms with E-state index in [4.69, 9.17) is 21.1 Å². The summed E-state index contributed by atoms with van der Waals surface area (Å²) in [5.41, 5.74) is 0.245. The molecule has 8 nitrogen and oxygen atoms in total. The second-order valence-corrected chi connectivity index (χ2v) is 13.9. The van der Waals surface area contributed by atoms with Crippen molar-refractivity contribution in [1.29, 1.82) is 0 Å². The quantitative estimate of drug-likeness (QED) is 0.162. The SMILES string of the molecule is C#Cc1c(F)ccc2cc(O)cc(-c3nc4c5c(nc(OC[C@@]67CCCN6C[C@H](F)C7)nc5c3F)N3C[C@@]5(F)CC[C@H](N5)[C@H]3C=C4C)c12. The molecule has 4 saturated heterocycles. The van der Waals surface area contributed by atoms with Gasteiger partial charge in [0.25, 0.3) is 0 Å². The van der Waals surface area contributed by atoms with Crippen LogP contribution in [-0.4, -0.2) is 80.8 Å². The molecule has 2 aromatic heterocycles. The van der Waals surface area contributed by atoms with E-state index in [1.807, 2.05) is 17.9 Å². The fourth-order valence-electron chi connectivity index (χ4n) is 8.86. The van der Waals surface area contributed by atoms with E-state index in [2.05, 4.69) is 21.1 Å². The number of ether oxygens (including phenoxy) is 1. The van der Waals surface area contributed by atoms with E-state index in [9.17, 15) is 9.50 Å². The summed E-state index contributed by atoms with van der Waals surface area (Å²) >= 11 is 0. The number of hydrogen-bond acceptors (Lipinski definition) is 8. The minimum Gasteiger partial charge on any atom is -0.508 e. The number of piperazine rings is 1. The standard InChI is InChI=1S/C36H32F4N6O2/c1-3-22-24(38)6-5-19-12-21(47)13-23(27(19)22)31-29(39)32-28-30(41-31)18(2)11-26-25-7-9-36(40,44-25)16-46(26)33(28)43-34(42-32)48-17-35-8-4-10-45(35)15-20(37)14-35/h1,5-6,11-13,20,25-26,44,47H,4,7-10,14-17H2,2H3/t20-,25+,26-,35+,36-/m1/s1. The number of nitrogens with zero attached hydrogens (tertiary/aromatic N) is 5. The molecule has 4 fully saturated rings. The van der Waals surface area contributed by atoms with E-state index in [1.165, 1.54) is 24.3 Å². The number of fused-ring (bicyclic) bond motifs is 7. The highest BCUT2D eigenvalue weighted by molar-refractivity contribution is 6.05. The van der Waals surface area contributed by atoms with E-state index in [1.54, 1.807) is 0 Å². The molecule has 0 radical (unpaired) electrons. The summed E-state index contributed by atoms with van der Waals surface area (Å²) in [6.07, 6.45) is 9.68. The second kappa shape index (κ2) is 10.3. The number of hydrogen-bond donors (Lipinski definition) is 2. The number of benzene rings is 2. The summed E-state index contributed by atoms with van der Waals surface area (Å²) in [6, 6.07) is 4.73. The van der Waals surface area contributed by atoms with Crippen LogP contribution in [0.4, 0.5) is 23.4 Å². The van der Waals surface area contributed by atoms with Crippen LogP contribution in [-0.2, 0) is 0 Å². The Morgan fingerprint density at radius 2 is 2.00 bits per heavy atom. The largest absolute Gasteiger partial charge is 0.508 e. The van der Waals surface area contributed by atoms with Gasteiger partial charge in [0.2, 0.25) is 0 Å². The van der Waals surface area contributed by atoms with E-state index in [0.717, 1.165) is 19.4 Å². The first-order valence-corrected chi connectivity index (χ1v) is 16.3. The molecule has 2 bridgehead atoms. The van der Waals surface area contributed by atoms with Crippen molar-refractivity contribution in [3.8, 4) is 35.4 Å². The van der Waals surface area contributed by atoms with Crippen LogP contribution in [0.15, 0.2) is 30.3 Å². The molecule has 2 N–H and O–H groups in total. The van der Waals surface area contributed by atoms with Gasteiger partial charge in [0.1, 0.15) is 41.4 Å². The average molecular weight is 657 g/mol. The zero-order chi connectivity index (χ0) is 33.1. The van der Waals surface area contributed by atoms with Gasteiger partial charge in [-0.1, -0.05) is 18.1 Å². The highest BCUT2D eigenvalue weighted by Crippen LogP contribution is 2.47. The molecule has 0 saturated carbocycles. The zero-order valence-electron chi connectivity index (χ0n) is 26.2. The van der Waals surface area contributed by atoms with Crippen LogP contribution >= 0.6 is 0 Å². The van der Waals surface area contributed by atoms with E-state index in [-0.39, 0.29) is 64.7 Å². The van der Waals surface area contributed by atoms with Gasteiger partial charge in [-0.15, -0.1) is 6.42 Å². The number of aromatic hydroxyl groups is 1. The molecule has 5 aliphatic heterocycles. The van der Waals surface area contributed by atoms with Crippen LogP contribution < -0.4 is 15.0 Å². The van der Waals surface area contributed by atoms with Crippen LogP contribution in [0.1, 0.15) is 50.3 Å². The Bertz CT molecular complexity index is 2140. The molecule has 0 unspecified atom stereocenters. The Morgan fingerprint density at radius 3 is 2.83 bits per heavy atom. The molecular weight excluding hydrogens is 624 g/mol. The fourth-order valence-corrected chi connectivity index (χ4v) is 8.86. The number of allylic oxidation sites excluding steroid dienone is 1. The van der Waals surface area contributed by atoms with Crippen molar-refractivity contribution in [2.24, 2.45) is 0 Å². The van der Waals surface area contributed by atoms with Gasteiger partial charge in [-0.2, -0.15) is 9.97 Å². The summed E-state index contributed by atoms with van der Waals surface area (Å²) in [4.78, 5) is 18.2. The van der Waals surface area contributed by atoms with Crippen molar-refractivity contribution in [3.05, 3.63) is 53.2 Å². The van der Waals surface area contributed by atoms with Gasteiger partial charge >= 0.3 is 6.01 Å². The molecular formula is C36H32F4N6O2. The van der Waals surface area contributed by atoms with E-state index in [0.29, 0.717) is 53.7 Å². The summed E-state index contributed by atoms with van der Waals surface area (Å²) < 4.78 is 68.9. The van der Waals surface area contributed by atoms with Gasteiger partial charge in [-0.25, -0.2) is 22.5 Å². The first kappa shape index (κ1) is 29.7. The lowest BCUT2D eigenvalue weighted by Crippen LogP contribution is -2.62. The van der Waals surface area contributed by atoms with Gasteiger partial charge < -0.3 is 14.7 Å². The number of pyridine rings is 1. The molecule has 246 valence electrons. The summed E-state index contributed by atoms with van der Waals surface area (Å²) in [6.45, 7) is 3.04. The number of terminal acetylenes is 1. The maximum Gasteiger partial charge on any atom is 0.319 e. The Balaban J connectivity index is 1.29. The molecule has 0 amide bonds. The first-order valence-electron chi connectivity index (χ1n) is 16.3. The first-order chi connectivity index (χ1) is 23.1. The second-order valence-electron chi connectivity index (χ2n) is 13.9. The molecule has 5 atom stereocenters. The predicted octanol–water partition coefficient (Wildman–Crippen LogP) is 5.79. The zero-order valence-corrected chi connectivity index (χ0v) is 26.2. The number of phenols is 1. The molecule has 48 heavy (non-hydrogen) atoms. The van der Waals surface area contributed by atoms with Crippen molar-refractivity contribution in [2.75, 3.05) is 31.1 Å². The van der Waals surface area contributed by atoms with Crippen molar-refractivity contribution < 1.29 is 27.4 Å². The molecule has 4 aromatic rings. The number of anilines is 1. The number of phenolic OH excluding ortho intramolecular Hbond substituents is 1. The molecule has 7 heterocycles. The summed E-state index contributed by atoms with van der Waals surface area (Å²) in [5, 5.41) is 14.7. The third-order valence-electron chi connectivity index (χ3n) is 11.0. The predicted molar refractivity (Wildman–Crippen MR) is 173 cm³/mol. The van der Waals surface area contributed by atoms with Crippen molar-refractivity contribution in [3.63, 3.8) is 0 Å². The maximum atomic E-state index is 17.2. The van der Waals surface area contributed by atoms with Crippen molar-refractivity contribution >= 4 is 33.1 Å². The normalized spacial score (nSPS) is 29.1.